The number of hydrogen-bond acceptors (Lipinski definition) is 7. The van der Waals surface area contributed by atoms with Crippen LogP contribution < -0.4 is 5.43 Å². The van der Waals surface area contributed by atoms with E-state index >= 15 is 0 Å². The average molecular weight is 567 g/mol. The molecule has 1 aliphatic heterocycles. The largest absolute Gasteiger partial charge is 0.316 e. The smallest absolute Gasteiger partial charge is 0.294 e. The standard InChI is InChI=1S/C28H30N4O5S2/c1-19-13-14-25(39(35,36)37)23(17-19)28(20-9-5-3-6-10-20)26-22-15-16-32(27(22)29-18-24(26)30-31(28)2)38(33,34)21-11-7-4-8-12-21/h4,7-8,11-18,20,30H,3,5-6,9-10H2,1-2H3,(H,35,36,37). The molecule has 6 rings (SSSR count). The van der Waals surface area contributed by atoms with Gasteiger partial charge >= 0.3 is 0 Å². The number of benzene rings is 2. The minimum atomic E-state index is -4.57. The van der Waals surface area contributed by atoms with Gasteiger partial charge in [-0.05, 0) is 49.9 Å². The summed E-state index contributed by atoms with van der Waals surface area (Å²) in [5.41, 5.74) is 5.40. The topological polar surface area (TPSA) is 122 Å². The summed E-state index contributed by atoms with van der Waals surface area (Å²) < 4.78 is 64.3. The van der Waals surface area contributed by atoms with E-state index in [0.29, 0.717) is 16.6 Å². The van der Waals surface area contributed by atoms with Crippen molar-refractivity contribution in [2.24, 2.45) is 5.92 Å². The lowest BCUT2D eigenvalue weighted by Gasteiger charge is -2.45. The van der Waals surface area contributed by atoms with Crippen LogP contribution in [0.25, 0.3) is 11.0 Å². The van der Waals surface area contributed by atoms with Crippen molar-refractivity contribution in [1.82, 2.24) is 14.0 Å². The monoisotopic (exact) mass is 566 g/mol. The SMILES string of the molecule is Cc1ccc(S(=O)(=O)O)c(C2(C3CCCCC3)c3c(cnc4c3ccn4S(=O)(=O)c3ccccc3)NN2C)c1. The van der Waals surface area contributed by atoms with Crippen molar-refractivity contribution in [2.45, 2.75) is 54.4 Å². The second kappa shape index (κ2) is 9.16. The fourth-order valence-corrected chi connectivity index (χ4v) is 8.65. The number of anilines is 1. The molecule has 1 atom stereocenters. The van der Waals surface area contributed by atoms with Crippen LogP contribution in [0.1, 0.15) is 48.8 Å². The molecule has 0 bridgehead atoms. The molecule has 11 heteroatoms. The predicted molar refractivity (Wildman–Crippen MR) is 148 cm³/mol. The highest BCUT2D eigenvalue weighted by Gasteiger charge is 2.54. The molecule has 0 saturated heterocycles. The second-order valence-corrected chi connectivity index (χ2v) is 13.7. The van der Waals surface area contributed by atoms with Crippen LogP contribution in [0.2, 0.25) is 0 Å². The quantitative estimate of drug-likeness (QED) is 0.327. The Balaban J connectivity index is 1.70. The van der Waals surface area contributed by atoms with Gasteiger partial charge in [0.2, 0.25) is 0 Å². The lowest BCUT2D eigenvalue weighted by Crippen LogP contribution is -2.49. The van der Waals surface area contributed by atoms with Crippen LogP contribution in [0.15, 0.2) is 76.8 Å². The summed E-state index contributed by atoms with van der Waals surface area (Å²) in [6.45, 7) is 1.89. The molecule has 2 N–H and O–H groups in total. The van der Waals surface area contributed by atoms with Crippen LogP contribution in [0.4, 0.5) is 5.69 Å². The third-order valence-electron chi connectivity index (χ3n) is 8.20. The molecule has 1 fully saturated rings. The van der Waals surface area contributed by atoms with Crippen molar-refractivity contribution in [3.63, 3.8) is 0 Å². The van der Waals surface area contributed by atoms with Gasteiger partial charge in [0.05, 0.1) is 27.2 Å². The van der Waals surface area contributed by atoms with Gasteiger partial charge in [0, 0.05) is 29.8 Å². The zero-order valence-corrected chi connectivity index (χ0v) is 23.3. The molecule has 4 aromatic rings. The van der Waals surface area contributed by atoms with E-state index in [9.17, 15) is 21.4 Å². The molecular weight excluding hydrogens is 536 g/mol. The predicted octanol–water partition coefficient (Wildman–Crippen LogP) is 4.92. The van der Waals surface area contributed by atoms with Crippen LogP contribution in [0.3, 0.4) is 0 Å². The van der Waals surface area contributed by atoms with Crippen molar-refractivity contribution in [3.05, 3.63) is 83.7 Å². The van der Waals surface area contributed by atoms with Crippen molar-refractivity contribution in [3.8, 4) is 0 Å². The molecule has 39 heavy (non-hydrogen) atoms. The molecule has 1 aliphatic carbocycles. The molecule has 2 aromatic carbocycles. The van der Waals surface area contributed by atoms with E-state index in [2.05, 4.69) is 10.4 Å². The Kier molecular flexibility index (Phi) is 6.10. The van der Waals surface area contributed by atoms with Crippen molar-refractivity contribution in [1.29, 1.82) is 0 Å². The number of aromatic nitrogens is 2. The molecule has 9 nitrogen and oxygen atoms in total. The van der Waals surface area contributed by atoms with E-state index < -0.39 is 25.7 Å². The summed E-state index contributed by atoms with van der Waals surface area (Å²) in [6.07, 6.45) is 7.87. The van der Waals surface area contributed by atoms with Gasteiger partial charge in [-0.1, -0.05) is 55.2 Å². The first kappa shape index (κ1) is 26.0. The highest BCUT2D eigenvalue weighted by Crippen LogP contribution is 2.56. The third kappa shape index (κ3) is 3.90. The van der Waals surface area contributed by atoms with Crippen molar-refractivity contribution in [2.75, 3.05) is 12.5 Å². The van der Waals surface area contributed by atoms with Crippen LogP contribution in [0, 0.1) is 12.8 Å². The summed E-state index contributed by atoms with van der Waals surface area (Å²) in [7, 11) is -6.63. The van der Waals surface area contributed by atoms with E-state index in [1.165, 1.54) is 16.2 Å². The second-order valence-electron chi connectivity index (χ2n) is 10.5. The molecule has 2 aromatic heterocycles. The van der Waals surface area contributed by atoms with E-state index in [-0.39, 0.29) is 21.4 Å². The van der Waals surface area contributed by atoms with Gasteiger partial charge in [0.15, 0.2) is 5.65 Å². The van der Waals surface area contributed by atoms with Crippen molar-refractivity contribution >= 4 is 36.9 Å². The molecule has 0 spiro atoms. The maximum atomic E-state index is 13.6. The number of nitrogens with one attached hydrogen (secondary N) is 1. The van der Waals surface area contributed by atoms with Gasteiger partial charge in [-0.25, -0.2) is 22.4 Å². The molecule has 0 radical (unpaired) electrons. The number of aryl methyl sites for hydroxylation is 1. The first-order chi connectivity index (χ1) is 18.6. The Labute approximate surface area is 228 Å². The van der Waals surface area contributed by atoms with Gasteiger partial charge in [0.25, 0.3) is 20.1 Å². The number of hydrogen-bond donors (Lipinski definition) is 2. The van der Waals surface area contributed by atoms with Crippen LogP contribution in [0.5, 0.6) is 0 Å². The molecule has 204 valence electrons. The normalized spacial score (nSPS) is 20.7. The number of fused-ring (bicyclic) bond motifs is 3. The summed E-state index contributed by atoms with van der Waals surface area (Å²) in [5, 5.41) is 2.53. The minimum Gasteiger partial charge on any atom is -0.316 e. The molecule has 2 aliphatic rings. The van der Waals surface area contributed by atoms with Gasteiger partial charge in [-0.15, -0.1) is 0 Å². The maximum absolute atomic E-state index is 13.6. The van der Waals surface area contributed by atoms with Gasteiger partial charge in [-0.2, -0.15) is 8.42 Å². The number of rotatable bonds is 5. The Bertz CT molecular complexity index is 1800. The summed E-state index contributed by atoms with van der Waals surface area (Å²) >= 11 is 0. The number of pyridine rings is 1. The van der Waals surface area contributed by atoms with Crippen LogP contribution in [-0.2, 0) is 25.7 Å². The fourth-order valence-electron chi connectivity index (χ4n) is 6.60. The summed E-state index contributed by atoms with van der Waals surface area (Å²) in [4.78, 5) is 4.55. The van der Waals surface area contributed by atoms with E-state index in [4.69, 9.17) is 0 Å². The lowest BCUT2D eigenvalue weighted by atomic mass is 9.67. The first-order valence-corrected chi connectivity index (χ1v) is 15.8. The van der Waals surface area contributed by atoms with Gasteiger partial charge in [0.1, 0.15) is 0 Å². The van der Waals surface area contributed by atoms with E-state index in [0.717, 1.165) is 43.2 Å². The Morgan fingerprint density at radius 2 is 1.72 bits per heavy atom. The van der Waals surface area contributed by atoms with E-state index in [1.54, 1.807) is 48.7 Å². The Morgan fingerprint density at radius 1 is 1.00 bits per heavy atom. The molecule has 3 heterocycles. The van der Waals surface area contributed by atoms with Crippen LogP contribution >= 0.6 is 0 Å². The van der Waals surface area contributed by atoms with Crippen LogP contribution in [-0.4, -0.2) is 42.4 Å². The first-order valence-electron chi connectivity index (χ1n) is 13.0. The Hall–Kier alpha value is -3.25. The zero-order valence-electron chi connectivity index (χ0n) is 21.7. The average Bonchev–Trinajstić information content (AvgIpc) is 3.48. The van der Waals surface area contributed by atoms with Crippen molar-refractivity contribution < 1.29 is 21.4 Å². The highest BCUT2D eigenvalue weighted by atomic mass is 32.2. The van der Waals surface area contributed by atoms with Gasteiger partial charge < -0.3 is 5.43 Å². The zero-order chi connectivity index (χ0) is 27.6. The molecule has 0 amide bonds. The fraction of sp³-hybridized carbons (Fsp3) is 0.321. The Morgan fingerprint density at radius 3 is 2.41 bits per heavy atom. The number of nitrogens with zero attached hydrogens (tertiary/aromatic N) is 3. The number of hydrazine groups is 1. The van der Waals surface area contributed by atoms with E-state index in [1.807, 2.05) is 25.0 Å². The third-order valence-corrected chi connectivity index (χ3v) is 10.8. The maximum Gasteiger partial charge on any atom is 0.294 e. The molecular formula is C28H30N4O5S2. The lowest BCUT2D eigenvalue weighted by molar-refractivity contribution is 0.101. The minimum absolute atomic E-state index is 0.00743. The summed E-state index contributed by atoms with van der Waals surface area (Å²) in [5.74, 6) is -0.00743. The summed E-state index contributed by atoms with van der Waals surface area (Å²) in [6, 6.07) is 14.9. The molecule has 1 unspecified atom stereocenters. The molecule has 1 saturated carbocycles. The highest BCUT2D eigenvalue weighted by molar-refractivity contribution is 7.90. The van der Waals surface area contributed by atoms with Gasteiger partial charge in [-0.3, -0.25) is 4.55 Å².